The molecular weight excluding hydrogens is 162 g/mol. The second-order valence-corrected chi connectivity index (χ2v) is 4.24. The van der Waals surface area contributed by atoms with Gasteiger partial charge in [0.05, 0.1) is 6.07 Å². The molecule has 0 aliphatic carbocycles. The van der Waals surface area contributed by atoms with E-state index in [2.05, 4.69) is 24.8 Å². The van der Waals surface area contributed by atoms with Crippen molar-refractivity contribution in [3.63, 3.8) is 0 Å². The quantitative estimate of drug-likeness (QED) is 0.697. The molecule has 0 aromatic heterocycles. The van der Waals surface area contributed by atoms with Crippen LogP contribution in [-0.4, -0.2) is 30.6 Å². The number of nitrogens with two attached hydrogens (primary N) is 1. The zero-order chi connectivity index (χ0) is 10.5. The first-order chi connectivity index (χ1) is 5.91. The molecule has 0 aliphatic rings. The van der Waals surface area contributed by atoms with Crippen LogP contribution >= 0.6 is 0 Å². The maximum absolute atomic E-state index is 8.73. The topological polar surface area (TPSA) is 53.0 Å². The largest absolute Gasteiger partial charge is 0.313 e. The number of nitrogens with zero attached hydrogens (tertiary/aromatic N) is 2. The maximum atomic E-state index is 8.73. The summed E-state index contributed by atoms with van der Waals surface area (Å²) in [5.74, 6) is 0.666. The number of hydrogen-bond donors (Lipinski definition) is 1. The molecule has 2 atom stereocenters. The Labute approximate surface area is 81.5 Å². The van der Waals surface area contributed by atoms with E-state index in [0.717, 1.165) is 13.0 Å². The van der Waals surface area contributed by atoms with Gasteiger partial charge in [0, 0.05) is 13.1 Å². The van der Waals surface area contributed by atoms with Crippen LogP contribution < -0.4 is 5.73 Å². The fourth-order valence-electron chi connectivity index (χ4n) is 1.32. The minimum atomic E-state index is -0.720. The van der Waals surface area contributed by atoms with Crippen LogP contribution in [0.1, 0.15) is 27.2 Å². The Bertz CT molecular complexity index is 181. The van der Waals surface area contributed by atoms with Crippen LogP contribution in [0.4, 0.5) is 0 Å². The molecule has 3 heteroatoms. The summed E-state index contributed by atoms with van der Waals surface area (Å²) in [6, 6.07) is 2.10. The first-order valence-electron chi connectivity index (χ1n) is 4.80. The Morgan fingerprint density at radius 1 is 1.62 bits per heavy atom. The first kappa shape index (κ1) is 12.4. The molecule has 0 saturated carbocycles. The second-order valence-electron chi connectivity index (χ2n) is 4.24. The van der Waals surface area contributed by atoms with Crippen LogP contribution in [0.5, 0.6) is 0 Å². The lowest BCUT2D eigenvalue weighted by molar-refractivity contribution is 0.251. The standard InChI is InChI=1S/C10H21N3/c1-5-9(2)6-13(4)8-10(3,12)7-11/h9H,5-6,8,12H2,1-4H3. The van der Waals surface area contributed by atoms with E-state index in [0.29, 0.717) is 12.5 Å². The van der Waals surface area contributed by atoms with Crippen LogP contribution in [0.25, 0.3) is 0 Å². The van der Waals surface area contributed by atoms with Crippen molar-refractivity contribution in [1.29, 1.82) is 5.26 Å². The average Bonchev–Trinajstić information content (AvgIpc) is 2.03. The van der Waals surface area contributed by atoms with Crippen LogP contribution in [0.2, 0.25) is 0 Å². The molecule has 2 N–H and O–H groups in total. The van der Waals surface area contributed by atoms with Gasteiger partial charge in [0.25, 0.3) is 0 Å². The van der Waals surface area contributed by atoms with Crippen LogP contribution in [-0.2, 0) is 0 Å². The Kier molecular flexibility index (Phi) is 4.97. The Balaban J connectivity index is 3.88. The van der Waals surface area contributed by atoms with E-state index < -0.39 is 5.54 Å². The van der Waals surface area contributed by atoms with E-state index in [1.54, 1.807) is 6.92 Å². The summed E-state index contributed by atoms with van der Waals surface area (Å²) in [5, 5.41) is 8.73. The minimum Gasteiger partial charge on any atom is -0.313 e. The van der Waals surface area contributed by atoms with Crippen molar-refractivity contribution in [1.82, 2.24) is 4.90 Å². The van der Waals surface area contributed by atoms with Crippen molar-refractivity contribution in [2.45, 2.75) is 32.7 Å². The Hall–Kier alpha value is -0.590. The van der Waals surface area contributed by atoms with Crippen molar-refractivity contribution in [2.75, 3.05) is 20.1 Å². The van der Waals surface area contributed by atoms with Gasteiger partial charge in [-0.1, -0.05) is 20.3 Å². The molecule has 0 saturated heterocycles. The molecule has 0 fully saturated rings. The zero-order valence-electron chi connectivity index (χ0n) is 9.17. The van der Waals surface area contributed by atoms with Gasteiger partial charge in [-0.3, -0.25) is 0 Å². The van der Waals surface area contributed by atoms with Crippen LogP contribution in [0.15, 0.2) is 0 Å². The van der Waals surface area contributed by atoms with Gasteiger partial charge in [-0.2, -0.15) is 5.26 Å². The van der Waals surface area contributed by atoms with Crippen molar-refractivity contribution in [3.05, 3.63) is 0 Å². The highest BCUT2D eigenvalue weighted by atomic mass is 15.1. The fraction of sp³-hybridized carbons (Fsp3) is 0.900. The molecule has 13 heavy (non-hydrogen) atoms. The Morgan fingerprint density at radius 3 is 2.54 bits per heavy atom. The maximum Gasteiger partial charge on any atom is 0.114 e. The second kappa shape index (κ2) is 5.21. The molecule has 2 unspecified atom stereocenters. The minimum absolute atomic E-state index is 0.633. The molecule has 3 nitrogen and oxygen atoms in total. The van der Waals surface area contributed by atoms with E-state index in [1.807, 2.05) is 7.05 Å². The lowest BCUT2D eigenvalue weighted by Crippen LogP contribution is -2.46. The highest BCUT2D eigenvalue weighted by Crippen LogP contribution is 2.05. The summed E-state index contributed by atoms with van der Waals surface area (Å²) in [6.07, 6.45) is 1.16. The number of likely N-dealkylation sites (N-methyl/N-ethyl adjacent to an activating group) is 1. The summed E-state index contributed by atoms with van der Waals surface area (Å²) in [7, 11) is 2.01. The fourth-order valence-corrected chi connectivity index (χ4v) is 1.32. The first-order valence-corrected chi connectivity index (χ1v) is 4.80. The highest BCUT2D eigenvalue weighted by molar-refractivity contribution is 5.02. The Morgan fingerprint density at radius 2 is 2.15 bits per heavy atom. The molecule has 0 rings (SSSR count). The molecule has 0 aromatic carbocycles. The third kappa shape index (κ3) is 5.62. The lowest BCUT2D eigenvalue weighted by atomic mass is 10.0. The molecular formula is C10H21N3. The van der Waals surface area contributed by atoms with Gasteiger partial charge in [-0.25, -0.2) is 0 Å². The van der Waals surface area contributed by atoms with Gasteiger partial charge in [-0.05, 0) is 19.9 Å². The molecule has 0 amide bonds. The highest BCUT2D eigenvalue weighted by Gasteiger charge is 2.20. The molecule has 0 radical (unpaired) electrons. The smallest absolute Gasteiger partial charge is 0.114 e. The van der Waals surface area contributed by atoms with Gasteiger partial charge in [-0.15, -0.1) is 0 Å². The average molecular weight is 183 g/mol. The van der Waals surface area contributed by atoms with E-state index in [9.17, 15) is 0 Å². The molecule has 0 aliphatic heterocycles. The summed E-state index contributed by atoms with van der Waals surface area (Å²) in [4.78, 5) is 2.12. The van der Waals surface area contributed by atoms with Gasteiger partial charge in [0.2, 0.25) is 0 Å². The van der Waals surface area contributed by atoms with E-state index in [1.165, 1.54) is 0 Å². The van der Waals surface area contributed by atoms with Gasteiger partial charge < -0.3 is 10.6 Å². The lowest BCUT2D eigenvalue weighted by Gasteiger charge is -2.26. The summed E-state index contributed by atoms with van der Waals surface area (Å²) in [5.41, 5.74) is 5.01. The molecule has 76 valence electrons. The molecule has 0 spiro atoms. The van der Waals surface area contributed by atoms with Crippen molar-refractivity contribution in [3.8, 4) is 6.07 Å². The summed E-state index contributed by atoms with van der Waals surface area (Å²) in [6.45, 7) is 7.78. The zero-order valence-corrected chi connectivity index (χ0v) is 9.17. The molecule has 0 bridgehead atoms. The van der Waals surface area contributed by atoms with Crippen LogP contribution in [0.3, 0.4) is 0 Å². The predicted octanol–water partition coefficient (Wildman–Crippen LogP) is 1.21. The van der Waals surface area contributed by atoms with Gasteiger partial charge in [0.15, 0.2) is 0 Å². The van der Waals surface area contributed by atoms with Crippen molar-refractivity contribution in [2.24, 2.45) is 11.7 Å². The summed E-state index contributed by atoms with van der Waals surface area (Å²) >= 11 is 0. The summed E-state index contributed by atoms with van der Waals surface area (Å²) < 4.78 is 0. The van der Waals surface area contributed by atoms with E-state index in [4.69, 9.17) is 11.0 Å². The van der Waals surface area contributed by atoms with E-state index >= 15 is 0 Å². The van der Waals surface area contributed by atoms with Crippen molar-refractivity contribution >= 4 is 0 Å². The molecule has 0 aromatic rings. The number of nitriles is 1. The third-order valence-electron chi connectivity index (χ3n) is 2.17. The van der Waals surface area contributed by atoms with E-state index in [-0.39, 0.29) is 0 Å². The van der Waals surface area contributed by atoms with Crippen LogP contribution in [0, 0.1) is 17.2 Å². The molecule has 0 heterocycles. The van der Waals surface area contributed by atoms with Crippen molar-refractivity contribution < 1.29 is 0 Å². The van der Waals surface area contributed by atoms with Gasteiger partial charge in [0.1, 0.15) is 5.54 Å². The predicted molar refractivity (Wildman–Crippen MR) is 55.2 cm³/mol. The number of hydrogen-bond acceptors (Lipinski definition) is 3. The van der Waals surface area contributed by atoms with Gasteiger partial charge >= 0.3 is 0 Å². The SMILES string of the molecule is CCC(C)CN(C)CC(C)(N)C#N. The number of rotatable bonds is 5. The third-order valence-corrected chi connectivity index (χ3v) is 2.17. The monoisotopic (exact) mass is 183 g/mol. The normalized spacial score (nSPS) is 17.9.